The van der Waals surface area contributed by atoms with Gasteiger partial charge in [-0.25, -0.2) is 9.97 Å². The minimum Gasteiger partial charge on any atom is -0.393 e. The summed E-state index contributed by atoms with van der Waals surface area (Å²) in [6.45, 7) is 2.45. The van der Waals surface area contributed by atoms with Crippen molar-refractivity contribution in [3.05, 3.63) is 16.0 Å². The molecule has 13 heavy (non-hydrogen) atoms. The van der Waals surface area contributed by atoms with Crippen LogP contribution in [-0.2, 0) is 0 Å². The van der Waals surface area contributed by atoms with Crippen LogP contribution in [0.25, 0.3) is 0 Å². The molecule has 1 atom stereocenters. The fourth-order valence-electron chi connectivity index (χ4n) is 0.796. The number of hydrogen-bond acceptors (Lipinski definition) is 4. The number of rotatable bonds is 4. The molecule has 0 saturated carbocycles. The fourth-order valence-corrected chi connectivity index (χ4v) is 1.07. The van der Waals surface area contributed by atoms with E-state index in [1.54, 1.807) is 19.3 Å². The van der Waals surface area contributed by atoms with Crippen molar-refractivity contribution in [1.29, 1.82) is 0 Å². The number of nitrogens with zero attached hydrogens (tertiary/aromatic N) is 2. The van der Waals surface area contributed by atoms with E-state index >= 15 is 0 Å². The van der Waals surface area contributed by atoms with Crippen molar-refractivity contribution in [3.63, 3.8) is 0 Å². The summed E-state index contributed by atoms with van der Waals surface area (Å²) >= 11 is 2.15. The third-order valence-corrected chi connectivity index (χ3v) is 2.02. The Balaban J connectivity index is 2.33. The van der Waals surface area contributed by atoms with Gasteiger partial charge in [0.2, 0.25) is 5.95 Å². The normalized spacial score (nSPS) is 12.5. The van der Waals surface area contributed by atoms with Crippen molar-refractivity contribution in [3.8, 4) is 0 Å². The molecule has 1 aromatic rings. The second-order valence-corrected chi connectivity index (χ2v) is 4.03. The molecule has 5 heteroatoms. The zero-order valence-corrected chi connectivity index (χ0v) is 9.52. The first-order valence-electron chi connectivity index (χ1n) is 4.08. The average molecular weight is 293 g/mol. The maximum absolute atomic E-state index is 8.99. The van der Waals surface area contributed by atoms with Crippen molar-refractivity contribution in [2.45, 2.75) is 19.4 Å². The summed E-state index contributed by atoms with van der Waals surface area (Å²) in [5.74, 6) is 0.612. The molecular weight excluding hydrogens is 281 g/mol. The van der Waals surface area contributed by atoms with Crippen molar-refractivity contribution in [2.75, 3.05) is 11.9 Å². The van der Waals surface area contributed by atoms with Gasteiger partial charge >= 0.3 is 0 Å². The van der Waals surface area contributed by atoms with Gasteiger partial charge in [0.15, 0.2) is 0 Å². The van der Waals surface area contributed by atoms with Crippen molar-refractivity contribution in [2.24, 2.45) is 0 Å². The van der Waals surface area contributed by atoms with Crippen LogP contribution in [0, 0.1) is 3.57 Å². The highest BCUT2D eigenvalue weighted by atomic mass is 127. The summed E-state index contributed by atoms with van der Waals surface area (Å²) in [5.41, 5.74) is 0. The Bertz CT molecular complexity index is 250. The van der Waals surface area contributed by atoms with Crippen LogP contribution < -0.4 is 5.32 Å². The monoisotopic (exact) mass is 293 g/mol. The highest BCUT2D eigenvalue weighted by molar-refractivity contribution is 14.1. The summed E-state index contributed by atoms with van der Waals surface area (Å²) in [6.07, 6.45) is 3.92. The molecule has 0 amide bonds. The number of aliphatic hydroxyl groups is 1. The van der Waals surface area contributed by atoms with Crippen LogP contribution in [0.5, 0.6) is 0 Å². The van der Waals surface area contributed by atoms with Crippen LogP contribution in [0.4, 0.5) is 5.95 Å². The zero-order valence-electron chi connectivity index (χ0n) is 7.37. The summed E-state index contributed by atoms with van der Waals surface area (Å²) in [7, 11) is 0. The molecule has 4 nitrogen and oxygen atoms in total. The van der Waals surface area contributed by atoms with Crippen molar-refractivity contribution in [1.82, 2.24) is 9.97 Å². The third kappa shape index (κ3) is 4.37. The summed E-state index contributed by atoms with van der Waals surface area (Å²) in [5, 5.41) is 12.0. The van der Waals surface area contributed by atoms with Gasteiger partial charge < -0.3 is 10.4 Å². The van der Waals surface area contributed by atoms with Gasteiger partial charge in [0.25, 0.3) is 0 Å². The lowest BCUT2D eigenvalue weighted by atomic mass is 10.3. The topological polar surface area (TPSA) is 58.0 Å². The Morgan fingerprint density at radius 2 is 2.15 bits per heavy atom. The first-order chi connectivity index (χ1) is 6.18. The molecule has 1 unspecified atom stereocenters. The van der Waals surface area contributed by atoms with Crippen LogP contribution >= 0.6 is 22.6 Å². The molecule has 1 heterocycles. The molecule has 0 spiro atoms. The van der Waals surface area contributed by atoms with E-state index in [-0.39, 0.29) is 6.10 Å². The molecule has 0 aliphatic rings. The smallest absolute Gasteiger partial charge is 0.222 e. The van der Waals surface area contributed by atoms with E-state index in [0.29, 0.717) is 18.9 Å². The van der Waals surface area contributed by atoms with Crippen LogP contribution in [0.15, 0.2) is 12.4 Å². The molecule has 1 aromatic heterocycles. The van der Waals surface area contributed by atoms with Crippen LogP contribution in [0.1, 0.15) is 13.3 Å². The van der Waals surface area contributed by atoms with E-state index in [0.717, 1.165) is 3.57 Å². The Morgan fingerprint density at radius 3 is 2.69 bits per heavy atom. The van der Waals surface area contributed by atoms with E-state index in [2.05, 4.69) is 37.9 Å². The molecule has 0 fully saturated rings. The van der Waals surface area contributed by atoms with Crippen LogP contribution in [0.3, 0.4) is 0 Å². The molecule has 0 radical (unpaired) electrons. The standard InChI is InChI=1S/C8H12IN3O/c1-6(13)2-3-10-8-11-4-7(9)5-12-8/h4-6,13H,2-3H2,1H3,(H,10,11,12). The lowest BCUT2D eigenvalue weighted by molar-refractivity contribution is 0.188. The zero-order chi connectivity index (χ0) is 9.68. The predicted octanol–water partition coefficient (Wildman–Crippen LogP) is 1.26. The number of aromatic nitrogens is 2. The molecule has 0 bridgehead atoms. The molecule has 1 rings (SSSR count). The predicted molar refractivity (Wildman–Crippen MR) is 59.5 cm³/mol. The molecule has 0 aliphatic heterocycles. The summed E-state index contributed by atoms with van der Waals surface area (Å²) in [6, 6.07) is 0. The van der Waals surface area contributed by atoms with Gasteiger partial charge in [-0.1, -0.05) is 0 Å². The highest BCUT2D eigenvalue weighted by Crippen LogP contribution is 2.02. The Hall–Kier alpha value is -0.430. The van der Waals surface area contributed by atoms with Gasteiger partial charge in [0, 0.05) is 22.5 Å². The molecule has 0 aromatic carbocycles. The second-order valence-electron chi connectivity index (χ2n) is 2.79. The number of nitrogens with one attached hydrogen (secondary N) is 1. The third-order valence-electron chi connectivity index (χ3n) is 1.47. The van der Waals surface area contributed by atoms with Crippen molar-refractivity contribution < 1.29 is 5.11 Å². The summed E-state index contributed by atoms with van der Waals surface area (Å²) in [4.78, 5) is 8.13. The largest absolute Gasteiger partial charge is 0.393 e. The van der Waals surface area contributed by atoms with Crippen LogP contribution in [0.2, 0.25) is 0 Å². The Labute approximate surface area is 90.9 Å². The number of halogens is 1. The maximum Gasteiger partial charge on any atom is 0.222 e. The second kappa shape index (κ2) is 5.33. The van der Waals surface area contributed by atoms with E-state index < -0.39 is 0 Å². The Kier molecular flexibility index (Phi) is 4.37. The molecule has 72 valence electrons. The van der Waals surface area contributed by atoms with Crippen molar-refractivity contribution >= 4 is 28.5 Å². The van der Waals surface area contributed by atoms with E-state index in [1.165, 1.54) is 0 Å². The number of aliphatic hydroxyl groups excluding tert-OH is 1. The van der Waals surface area contributed by atoms with Gasteiger partial charge in [-0.15, -0.1) is 0 Å². The summed E-state index contributed by atoms with van der Waals surface area (Å²) < 4.78 is 1.01. The van der Waals surface area contributed by atoms with E-state index in [9.17, 15) is 0 Å². The molecule has 2 N–H and O–H groups in total. The first kappa shape index (κ1) is 10.6. The lowest BCUT2D eigenvalue weighted by Gasteiger charge is -2.05. The Morgan fingerprint density at radius 1 is 1.54 bits per heavy atom. The van der Waals surface area contributed by atoms with Gasteiger partial charge in [-0.2, -0.15) is 0 Å². The maximum atomic E-state index is 8.99. The van der Waals surface area contributed by atoms with Gasteiger partial charge in [0.1, 0.15) is 0 Å². The first-order valence-corrected chi connectivity index (χ1v) is 5.16. The minimum atomic E-state index is -0.281. The highest BCUT2D eigenvalue weighted by Gasteiger charge is 1.97. The molecular formula is C8H12IN3O. The van der Waals surface area contributed by atoms with Gasteiger partial charge in [-0.3, -0.25) is 0 Å². The quantitative estimate of drug-likeness (QED) is 0.821. The van der Waals surface area contributed by atoms with Gasteiger partial charge in [-0.05, 0) is 35.9 Å². The molecule has 0 aliphatic carbocycles. The fraction of sp³-hybridized carbons (Fsp3) is 0.500. The SMILES string of the molecule is CC(O)CCNc1ncc(I)cn1. The number of anilines is 1. The lowest BCUT2D eigenvalue weighted by Crippen LogP contribution is -2.11. The molecule has 0 saturated heterocycles. The minimum absolute atomic E-state index is 0.281. The number of hydrogen-bond donors (Lipinski definition) is 2. The van der Waals surface area contributed by atoms with E-state index in [1.807, 2.05) is 0 Å². The van der Waals surface area contributed by atoms with Gasteiger partial charge in [0.05, 0.1) is 6.10 Å². The average Bonchev–Trinajstić information content (AvgIpc) is 2.08. The van der Waals surface area contributed by atoms with E-state index in [4.69, 9.17) is 5.11 Å². The van der Waals surface area contributed by atoms with Crippen LogP contribution in [-0.4, -0.2) is 27.7 Å².